The first kappa shape index (κ1) is 24.4. The molecule has 1 aromatic rings. The van der Waals surface area contributed by atoms with Gasteiger partial charge in [-0.3, -0.25) is 5.41 Å². The number of piperazine rings is 1. The number of piperidine rings is 1. The number of likely N-dealkylation sites (tertiary alicyclic amines) is 1. The highest BCUT2D eigenvalue weighted by molar-refractivity contribution is 5.81. The smallest absolute Gasteiger partial charge is 0.391 e. The molecule has 1 unspecified atom stereocenters. The van der Waals surface area contributed by atoms with Gasteiger partial charge < -0.3 is 25.5 Å². The Morgan fingerprint density at radius 2 is 1.85 bits per heavy atom. The summed E-state index contributed by atoms with van der Waals surface area (Å²) >= 11 is 0. The van der Waals surface area contributed by atoms with Crippen LogP contribution in [0.3, 0.4) is 0 Å². The summed E-state index contributed by atoms with van der Waals surface area (Å²) in [4.78, 5) is 10.3. The molecule has 1 saturated carbocycles. The minimum absolute atomic E-state index is 0.145. The molecule has 4 rings (SSSR count). The minimum Gasteiger partial charge on any atom is -0.391 e. The van der Waals surface area contributed by atoms with Crippen molar-refractivity contribution in [1.82, 2.24) is 14.7 Å². The second-order valence-corrected chi connectivity index (χ2v) is 9.61. The van der Waals surface area contributed by atoms with Crippen molar-refractivity contribution in [2.45, 2.75) is 44.4 Å². The second kappa shape index (κ2) is 9.48. The van der Waals surface area contributed by atoms with E-state index < -0.39 is 11.7 Å². The van der Waals surface area contributed by atoms with E-state index in [2.05, 4.69) is 16.5 Å². The Morgan fingerprint density at radius 1 is 1.15 bits per heavy atom. The fourth-order valence-corrected chi connectivity index (χ4v) is 4.79. The number of aliphatic imine (C=N–C) groups is 1. The van der Waals surface area contributed by atoms with Crippen LogP contribution >= 0.6 is 0 Å². The first-order valence-electron chi connectivity index (χ1n) is 11.8. The van der Waals surface area contributed by atoms with Crippen LogP contribution in [0.2, 0.25) is 0 Å². The van der Waals surface area contributed by atoms with Crippen molar-refractivity contribution in [3.63, 3.8) is 0 Å². The third-order valence-electron chi connectivity index (χ3n) is 7.32. The summed E-state index contributed by atoms with van der Waals surface area (Å²) in [5.74, 6) is 0.839. The number of halogens is 3. The average Bonchev–Trinajstić information content (AvgIpc) is 3.57. The molecule has 3 aliphatic rings. The lowest BCUT2D eigenvalue weighted by Gasteiger charge is -2.39. The zero-order valence-corrected chi connectivity index (χ0v) is 19.3. The third kappa shape index (κ3) is 5.48. The number of hydrogen-bond acceptors (Lipinski definition) is 4. The van der Waals surface area contributed by atoms with Crippen molar-refractivity contribution in [3.05, 3.63) is 42.1 Å². The number of benzene rings is 1. The number of rotatable bonds is 5. The van der Waals surface area contributed by atoms with Crippen LogP contribution in [0.15, 0.2) is 41.5 Å². The van der Waals surface area contributed by atoms with Gasteiger partial charge in [0.05, 0.1) is 29.7 Å². The maximum Gasteiger partial charge on any atom is 0.416 e. The van der Waals surface area contributed by atoms with Gasteiger partial charge in [0.2, 0.25) is 0 Å². The van der Waals surface area contributed by atoms with E-state index in [0.29, 0.717) is 44.1 Å². The van der Waals surface area contributed by atoms with Crippen LogP contribution in [-0.2, 0) is 6.18 Å². The Labute approximate surface area is 198 Å². The summed E-state index contributed by atoms with van der Waals surface area (Å²) in [6.45, 7) is 8.19. The lowest BCUT2D eigenvalue weighted by molar-refractivity contribution is -0.137. The lowest BCUT2D eigenvalue weighted by Crippen LogP contribution is -2.50. The highest BCUT2D eigenvalue weighted by Crippen LogP contribution is 2.53. The van der Waals surface area contributed by atoms with Crippen LogP contribution in [0.25, 0.3) is 0 Å². The number of aliphatic hydroxyl groups is 1. The summed E-state index contributed by atoms with van der Waals surface area (Å²) in [6, 6.07) is 4.60. The van der Waals surface area contributed by atoms with Crippen molar-refractivity contribution in [2.24, 2.45) is 16.1 Å². The molecule has 1 atom stereocenters. The van der Waals surface area contributed by atoms with Gasteiger partial charge in [-0.15, -0.1) is 0 Å². The quantitative estimate of drug-likeness (QED) is 0.446. The fraction of sp³-hybridized carbons (Fsp3) is 0.583. The van der Waals surface area contributed by atoms with E-state index in [1.165, 1.54) is 12.1 Å². The Bertz CT molecular complexity index is 941. The summed E-state index contributed by atoms with van der Waals surface area (Å²) in [7, 11) is 0. The summed E-state index contributed by atoms with van der Waals surface area (Å²) in [5.41, 5.74) is 6.80. The molecule has 2 heterocycles. The number of nitrogens with two attached hydrogens (primary N) is 1. The van der Waals surface area contributed by atoms with Gasteiger partial charge in [0.15, 0.2) is 5.96 Å². The van der Waals surface area contributed by atoms with Gasteiger partial charge in [-0.25, -0.2) is 4.99 Å². The zero-order valence-electron chi connectivity index (χ0n) is 19.3. The molecule has 1 spiro atoms. The van der Waals surface area contributed by atoms with Crippen LogP contribution in [-0.4, -0.2) is 77.0 Å². The molecule has 186 valence electrons. The fourth-order valence-electron chi connectivity index (χ4n) is 4.79. The maximum absolute atomic E-state index is 12.7. The first-order valence-corrected chi connectivity index (χ1v) is 11.8. The number of alkyl halides is 3. The number of nitrogens with one attached hydrogen (secondary N) is 1. The number of amidine groups is 1. The summed E-state index contributed by atoms with van der Waals surface area (Å²) in [5, 5.41) is 18.8. The van der Waals surface area contributed by atoms with Crippen molar-refractivity contribution in [3.8, 4) is 0 Å². The molecule has 34 heavy (non-hydrogen) atoms. The molecule has 2 saturated heterocycles. The molecule has 0 aromatic heterocycles. The van der Waals surface area contributed by atoms with Crippen LogP contribution < -0.4 is 5.73 Å². The Kier molecular flexibility index (Phi) is 6.80. The van der Waals surface area contributed by atoms with Crippen molar-refractivity contribution >= 4 is 17.5 Å². The van der Waals surface area contributed by atoms with E-state index in [4.69, 9.17) is 11.1 Å². The van der Waals surface area contributed by atoms with E-state index in [1.54, 1.807) is 0 Å². The molecular formula is C24H33F3N6O. The number of β-amino-alcohol motifs (C(OH)–C–C–N with tert-alkyl or cyclic N) is 1. The van der Waals surface area contributed by atoms with Gasteiger partial charge in [-0.1, -0.05) is 6.58 Å². The first-order chi connectivity index (χ1) is 16.1. The standard InChI is InChI=1S/C24H33F3N6O/c1-17-15-33(22(29)30-19-6-4-18(5-7-19)24(25,26)27)14-13-31(17)11-2-3-21(28)32-12-10-23(8-9-23)20(34)16-32/h4-7,20,28,34H,1-3,8-16H2,(H2,29,30). The van der Waals surface area contributed by atoms with Crippen molar-refractivity contribution in [1.29, 1.82) is 5.41 Å². The molecule has 0 amide bonds. The molecule has 7 nitrogen and oxygen atoms in total. The normalized spacial score (nSPS) is 22.9. The Balaban J connectivity index is 1.21. The van der Waals surface area contributed by atoms with Crippen LogP contribution in [0.1, 0.15) is 37.7 Å². The third-order valence-corrected chi connectivity index (χ3v) is 7.32. The molecule has 1 aromatic carbocycles. The highest BCUT2D eigenvalue weighted by Gasteiger charge is 2.51. The van der Waals surface area contributed by atoms with E-state index in [-0.39, 0.29) is 17.5 Å². The van der Waals surface area contributed by atoms with Gasteiger partial charge in [-0.2, -0.15) is 13.2 Å². The SMILES string of the molecule is C=C1CN(C(N)=Nc2ccc(C(F)(F)F)cc2)CCN1CCCC(=N)N1CCC2(CC2)C(O)C1. The van der Waals surface area contributed by atoms with E-state index in [1.807, 2.05) is 9.80 Å². The molecule has 0 bridgehead atoms. The average molecular weight is 479 g/mol. The number of hydrogen-bond donors (Lipinski definition) is 3. The predicted molar refractivity (Wildman–Crippen MR) is 126 cm³/mol. The number of aliphatic hydroxyl groups excluding tert-OH is 1. The molecular weight excluding hydrogens is 445 g/mol. The molecule has 10 heteroatoms. The van der Waals surface area contributed by atoms with Gasteiger partial charge in [0.1, 0.15) is 0 Å². The molecule has 2 aliphatic heterocycles. The summed E-state index contributed by atoms with van der Waals surface area (Å²) in [6.07, 6.45) is -0.00904. The van der Waals surface area contributed by atoms with Crippen molar-refractivity contribution < 1.29 is 18.3 Å². The Morgan fingerprint density at radius 3 is 2.44 bits per heavy atom. The lowest BCUT2D eigenvalue weighted by atomic mass is 9.90. The second-order valence-electron chi connectivity index (χ2n) is 9.61. The van der Waals surface area contributed by atoms with E-state index >= 15 is 0 Å². The minimum atomic E-state index is -4.38. The van der Waals surface area contributed by atoms with Crippen LogP contribution in [0, 0.1) is 10.8 Å². The number of guanidine groups is 1. The van der Waals surface area contributed by atoms with Gasteiger partial charge in [0, 0.05) is 44.8 Å². The molecule has 3 fully saturated rings. The van der Waals surface area contributed by atoms with Gasteiger partial charge >= 0.3 is 6.18 Å². The van der Waals surface area contributed by atoms with Gasteiger partial charge in [-0.05, 0) is 55.4 Å². The highest BCUT2D eigenvalue weighted by atomic mass is 19.4. The topological polar surface area (TPSA) is 92.2 Å². The van der Waals surface area contributed by atoms with Crippen molar-refractivity contribution in [2.75, 3.05) is 39.3 Å². The van der Waals surface area contributed by atoms with E-state index in [9.17, 15) is 18.3 Å². The Hall–Kier alpha value is -2.75. The predicted octanol–water partition coefficient (Wildman–Crippen LogP) is 3.39. The molecule has 4 N–H and O–H groups in total. The van der Waals surface area contributed by atoms with Crippen LogP contribution in [0.4, 0.5) is 18.9 Å². The number of nitrogens with zero attached hydrogens (tertiary/aromatic N) is 4. The van der Waals surface area contributed by atoms with Crippen LogP contribution in [0.5, 0.6) is 0 Å². The molecule has 1 aliphatic carbocycles. The van der Waals surface area contributed by atoms with E-state index in [0.717, 1.165) is 56.6 Å². The molecule has 0 radical (unpaired) electrons. The largest absolute Gasteiger partial charge is 0.416 e. The van der Waals surface area contributed by atoms with Gasteiger partial charge in [0.25, 0.3) is 0 Å². The monoisotopic (exact) mass is 478 g/mol. The zero-order chi connectivity index (χ0) is 24.5. The maximum atomic E-state index is 12.7. The summed E-state index contributed by atoms with van der Waals surface area (Å²) < 4.78 is 38.2.